The molecule has 0 radical (unpaired) electrons. The number of carbonyl (C=O) groups excluding carboxylic acids is 1. The molecule has 0 unspecified atom stereocenters. The van der Waals surface area contributed by atoms with E-state index in [0.29, 0.717) is 21.2 Å². The third kappa shape index (κ3) is 5.98. The Labute approximate surface area is 218 Å². The maximum atomic E-state index is 13.8. The Balaban J connectivity index is 1.67. The number of benzene rings is 3. The number of aryl methyl sites for hydroxylation is 2. The molecule has 0 aliphatic rings. The molecule has 0 saturated carbocycles. The predicted molar refractivity (Wildman–Crippen MR) is 135 cm³/mol. The number of hydrogen-bond donors (Lipinski definition) is 0. The number of fused-ring (bicyclic) bond motifs is 1. The van der Waals surface area contributed by atoms with Gasteiger partial charge in [-0.1, -0.05) is 41.4 Å². The molecule has 0 saturated heterocycles. The van der Waals surface area contributed by atoms with E-state index in [9.17, 15) is 22.8 Å². The first kappa shape index (κ1) is 26.3. The van der Waals surface area contributed by atoms with Crippen LogP contribution < -0.4 is 14.9 Å². The Morgan fingerprint density at radius 2 is 1.73 bits per heavy atom. The third-order valence-corrected chi connectivity index (χ3v) is 5.95. The van der Waals surface area contributed by atoms with Crippen molar-refractivity contribution in [1.29, 1.82) is 0 Å². The van der Waals surface area contributed by atoms with E-state index in [2.05, 4.69) is 0 Å². The molecule has 0 aliphatic heterocycles. The Kier molecular flexibility index (Phi) is 7.34. The van der Waals surface area contributed by atoms with Crippen LogP contribution in [0.2, 0.25) is 10.0 Å². The molecule has 37 heavy (non-hydrogen) atoms. The number of ether oxygens (including phenoxy) is 2. The second-order valence-corrected chi connectivity index (χ2v) is 8.86. The first-order valence-corrected chi connectivity index (χ1v) is 11.5. The van der Waals surface area contributed by atoms with Gasteiger partial charge in [-0.05, 0) is 66.9 Å². The Morgan fingerprint density at radius 1 is 0.973 bits per heavy atom. The minimum atomic E-state index is -5.03. The molecule has 0 amide bonds. The van der Waals surface area contributed by atoms with E-state index in [4.69, 9.17) is 37.1 Å². The van der Waals surface area contributed by atoms with E-state index in [-0.39, 0.29) is 16.9 Å². The largest absolute Gasteiger partial charge is 0.453 e. The van der Waals surface area contributed by atoms with Crippen molar-refractivity contribution < 1.29 is 31.9 Å². The molecule has 4 aromatic rings. The van der Waals surface area contributed by atoms with Crippen LogP contribution in [-0.4, -0.2) is 5.97 Å². The lowest BCUT2D eigenvalue weighted by molar-refractivity contribution is -0.154. The number of rotatable bonds is 5. The van der Waals surface area contributed by atoms with Gasteiger partial charge in [-0.3, -0.25) is 4.79 Å². The van der Waals surface area contributed by atoms with E-state index in [1.165, 1.54) is 30.3 Å². The van der Waals surface area contributed by atoms with Crippen LogP contribution in [0.1, 0.15) is 22.5 Å². The lowest BCUT2D eigenvalue weighted by Gasteiger charge is -2.15. The van der Waals surface area contributed by atoms with Gasteiger partial charge in [-0.15, -0.1) is 0 Å². The molecule has 10 heteroatoms. The predicted octanol–water partition coefficient (Wildman–Crippen LogP) is 8.15. The minimum Gasteiger partial charge on any atom is -0.449 e. The highest BCUT2D eigenvalue weighted by molar-refractivity contribution is 6.42. The van der Waals surface area contributed by atoms with E-state index < -0.39 is 34.7 Å². The summed E-state index contributed by atoms with van der Waals surface area (Å²) < 4.78 is 57.2. The van der Waals surface area contributed by atoms with Crippen molar-refractivity contribution in [2.75, 3.05) is 0 Å². The van der Waals surface area contributed by atoms with Gasteiger partial charge >= 0.3 is 12.1 Å². The fourth-order valence-electron chi connectivity index (χ4n) is 3.36. The van der Waals surface area contributed by atoms with Crippen LogP contribution in [0.4, 0.5) is 13.2 Å². The van der Waals surface area contributed by atoms with Crippen LogP contribution in [0.3, 0.4) is 0 Å². The zero-order valence-corrected chi connectivity index (χ0v) is 20.8. The summed E-state index contributed by atoms with van der Waals surface area (Å²) in [6.45, 7) is 3.38. The van der Waals surface area contributed by atoms with Gasteiger partial charge in [0.15, 0.2) is 0 Å². The van der Waals surface area contributed by atoms with Crippen molar-refractivity contribution in [3.05, 3.63) is 103 Å². The summed E-state index contributed by atoms with van der Waals surface area (Å²) in [5, 5.41) is 0.461. The standard InChI is InChI=1S/C27H17Cl2F3O5/c1-14-3-4-15(2)21(11-14)36-25-24(34)18-8-7-17(13-22(18)37-26(25)27(30,31)32)35-23(33)10-6-16-5-9-19(28)20(29)12-16/h3-13H,1-2H3. The highest BCUT2D eigenvalue weighted by Gasteiger charge is 2.40. The van der Waals surface area contributed by atoms with Crippen molar-refractivity contribution in [3.63, 3.8) is 0 Å². The minimum absolute atomic E-state index is 0.0939. The lowest BCUT2D eigenvalue weighted by atomic mass is 10.1. The molecule has 5 nitrogen and oxygen atoms in total. The maximum absolute atomic E-state index is 13.8. The summed E-state index contributed by atoms with van der Waals surface area (Å²) in [6.07, 6.45) is -2.51. The fourth-order valence-corrected chi connectivity index (χ4v) is 3.66. The summed E-state index contributed by atoms with van der Waals surface area (Å²) >= 11 is 11.8. The van der Waals surface area contributed by atoms with Crippen LogP contribution in [0.25, 0.3) is 17.0 Å². The van der Waals surface area contributed by atoms with Crippen molar-refractivity contribution in [2.24, 2.45) is 0 Å². The van der Waals surface area contributed by atoms with Crippen molar-refractivity contribution >= 4 is 46.2 Å². The van der Waals surface area contributed by atoms with Crippen molar-refractivity contribution in [3.8, 4) is 17.2 Å². The number of esters is 1. The van der Waals surface area contributed by atoms with Gasteiger partial charge in [0.25, 0.3) is 5.76 Å². The van der Waals surface area contributed by atoms with Crippen LogP contribution in [-0.2, 0) is 11.0 Å². The number of alkyl halides is 3. The van der Waals surface area contributed by atoms with Gasteiger partial charge < -0.3 is 13.9 Å². The summed E-state index contributed by atoms with van der Waals surface area (Å²) in [5.74, 6) is -3.44. The number of carbonyl (C=O) groups is 1. The van der Waals surface area contributed by atoms with E-state index in [1.807, 2.05) is 0 Å². The first-order chi connectivity index (χ1) is 17.4. The maximum Gasteiger partial charge on any atom is 0.453 e. The molecule has 0 aliphatic carbocycles. The molecule has 0 spiro atoms. The zero-order valence-electron chi connectivity index (χ0n) is 19.3. The fraction of sp³-hybridized carbons (Fsp3) is 0.111. The summed E-state index contributed by atoms with van der Waals surface area (Å²) in [4.78, 5) is 25.2. The summed E-state index contributed by atoms with van der Waals surface area (Å²) in [5.41, 5.74) is 0.395. The highest BCUT2D eigenvalue weighted by atomic mass is 35.5. The average Bonchev–Trinajstić information content (AvgIpc) is 2.83. The monoisotopic (exact) mass is 548 g/mol. The molecule has 0 bridgehead atoms. The number of hydrogen-bond acceptors (Lipinski definition) is 5. The molecule has 190 valence electrons. The molecule has 4 rings (SSSR count). The summed E-state index contributed by atoms with van der Waals surface area (Å²) in [6, 6.07) is 13.1. The van der Waals surface area contributed by atoms with Crippen LogP contribution in [0.5, 0.6) is 17.2 Å². The topological polar surface area (TPSA) is 65.7 Å². The van der Waals surface area contributed by atoms with Gasteiger partial charge in [-0.2, -0.15) is 13.2 Å². The van der Waals surface area contributed by atoms with Crippen LogP contribution in [0, 0.1) is 13.8 Å². The Bertz CT molecular complexity index is 1610. The Morgan fingerprint density at radius 3 is 2.43 bits per heavy atom. The van der Waals surface area contributed by atoms with Gasteiger partial charge in [0.2, 0.25) is 11.2 Å². The van der Waals surface area contributed by atoms with Gasteiger partial charge in [0.1, 0.15) is 17.1 Å². The smallest absolute Gasteiger partial charge is 0.449 e. The normalized spacial score (nSPS) is 11.8. The molecule has 3 aromatic carbocycles. The van der Waals surface area contributed by atoms with Crippen LogP contribution >= 0.6 is 23.2 Å². The quantitative estimate of drug-likeness (QED) is 0.143. The first-order valence-electron chi connectivity index (χ1n) is 10.7. The van der Waals surface area contributed by atoms with Gasteiger partial charge in [0.05, 0.1) is 15.4 Å². The van der Waals surface area contributed by atoms with E-state index in [0.717, 1.165) is 17.7 Å². The van der Waals surface area contributed by atoms with Crippen molar-refractivity contribution in [2.45, 2.75) is 20.0 Å². The molecule has 1 heterocycles. The molecular formula is C27H17Cl2F3O5. The van der Waals surface area contributed by atoms with Gasteiger partial charge in [0, 0.05) is 12.1 Å². The SMILES string of the molecule is Cc1ccc(C)c(Oc2c(C(F)(F)F)oc3cc(OC(=O)C=Cc4ccc(Cl)c(Cl)c4)ccc3c2=O)c1. The summed E-state index contributed by atoms with van der Waals surface area (Å²) in [7, 11) is 0. The number of halogens is 5. The average molecular weight is 549 g/mol. The molecule has 0 atom stereocenters. The van der Waals surface area contributed by atoms with E-state index >= 15 is 0 Å². The highest BCUT2D eigenvalue weighted by Crippen LogP contribution is 2.39. The van der Waals surface area contributed by atoms with E-state index in [1.54, 1.807) is 38.1 Å². The van der Waals surface area contributed by atoms with Crippen LogP contribution in [0.15, 0.2) is 69.9 Å². The molecule has 0 N–H and O–H groups in total. The Hall–Kier alpha value is -3.75. The molecular weight excluding hydrogens is 532 g/mol. The van der Waals surface area contributed by atoms with Crippen molar-refractivity contribution in [1.82, 2.24) is 0 Å². The second kappa shape index (κ2) is 10.3. The third-order valence-electron chi connectivity index (χ3n) is 5.21. The molecule has 0 fully saturated rings. The lowest BCUT2D eigenvalue weighted by Crippen LogP contribution is -2.16. The second-order valence-electron chi connectivity index (χ2n) is 8.04. The molecule has 1 aromatic heterocycles. The zero-order chi connectivity index (χ0) is 26.9. The van der Waals surface area contributed by atoms with Gasteiger partial charge in [-0.25, -0.2) is 4.79 Å².